The molecule has 0 radical (unpaired) electrons. The lowest BCUT2D eigenvalue weighted by Gasteiger charge is -2.11. The van der Waals surface area contributed by atoms with Crippen molar-refractivity contribution in [2.75, 3.05) is 0 Å². The Kier molecular flexibility index (Phi) is 3.65. The fourth-order valence-electron chi connectivity index (χ4n) is 5.77. The first-order chi connectivity index (χ1) is 17.3. The summed E-state index contributed by atoms with van der Waals surface area (Å²) in [6.45, 7) is 0. The molecule has 0 bridgehead atoms. The third-order valence-electron chi connectivity index (χ3n) is 7.35. The van der Waals surface area contributed by atoms with Crippen molar-refractivity contribution in [1.82, 2.24) is 0 Å². The molecule has 0 spiro atoms. The lowest BCUT2D eigenvalue weighted by molar-refractivity contribution is 1.54. The molecule has 8 rings (SSSR count). The van der Waals surface area contributed by atoms with Crippen LogP contribution in [0.2, 0.25) is 0 Å². The van der Waals surface area contributed by atoms with Crippen LogP contribution in [0.3, 0.4) is 0 Å². The van der Waals surface area contributed by atoms with E-state index in [1.165, 1.54) is 53.9 Å². The van der Waals surface area contributed by atoms with Crippen LogP contribution < -0.4 is 0 Å². The van der Waals surface area contributed by atoms with E-state index >= 15 is 0 Å². The van der Waals surface area contributed by atoms with E-state index in [0.29, 0.717) is 0 Å². The molecule has 0 amide bonds. The molecule has 0 aromatic heterocycles. The lowest BCUT2D eigenvalue weighted by Crippen LogP contribution is -1.84. The molecule has 0 aliphatic carbocycles. The van der Waals surface area contributed by atoms with Gasteiger partial charge < -0.3 is 0 Å². The van der Waals surface area contributed by atoms with Crippen molar-refractivity contribution in [3.05, 3.63) is 109 Å². The van der Waals surface area contributed by atoms with E-state index in [9.17, 15) is 0 Å². The van der Waals surface area contributed by atoms with E-state index in [2.05, 4.69) is 115 Å². The van der Waals surface area contributed by atoms with Crippen LogP contribution in [-0.2, 0) is 0 Å². The third-order valence-corrected chi connectivity index (χ3v) is 7.35. The van der Waals surface area contributed by atoms with E-state index in [1.807, 2.05) is 0 Å². The molecule has 8 aromatic rings. The number of rotatable bonds is 2. The molecule has 2 heteroatoms. The van der Waals surface area contributed by atoms with Crippen molar-refractivity contribution >= 4 is 82.0 Å². The predicted molar refractivity (Wildman–Crippen MR) is 149 cm³/mol. The van der Waals surface area contributed by atoms with Gasteiger partial charge in [-0.1, -0.05) is 97.1 Å². The van der Waals surface area contributed by atoms with Crippen molar-refractivity contribution in [2.24, 2.45) is 9.98 Å². The molecular formula is C33H18N2. The molecule has 0 aliphatic rings. The van der Waals surface area contributed by atoms with E-state index in [4.69, 9.17) is 9.98 Å². The molecule has 0 N–H and O–H groups in total. The molecular weight excluding hydrogens is 424 g/mol. The monoisotopic (exact) mass is 442 g/mol. The summed E-state index contributed by atoms with van der Waals surface area (Å²) in [5, 5.41) is 14.8. The fourth-order valence-corrected chi connectivity index (χ4v) is 5.77. The van der Waals surface area contributed by atoms with Crippen LogP contribution in [0, 0.1) is 0 Å². The summed E-state index contributed by atoms with van der Waals surface area (Å²) in [5.41, 5.74) is 1.77. The molecule has 2 nitrogen and oxygen atoms in total. The molecule has 0 heterocycles. The van der Waals surface area contributed by atoms with Crippen molar-refractivity contribution in [2.45, 2.75) is 0 Å². The average molecular weight is 443 g/mol. The molecule has 0 saturated heterocycles. The van der Waals surface area contributed by atoms with Crippen LogP contribution in [0.25, 0.3) is 64.6 Å². The fraction of sp³-hybridized carbons (Fsp3) is 0. The first-order valence-corrected chi connectivity index (χ1v) is 11.8. The van der Waals surface area contributed by atoms with E-state index in [0.717, 1.165) is 22.1 Å². The molecule has 0 fully saturated rings. The maximum absolute atomic E-state index is 4.70. The van der Waals surface area contributed by atoms with Crippen LogP contribution >= 0.6 is 0 Å². The molecule has 35 heavy (non-hydrogen) atoms. The first kappa shape index (κ1) is 18.6. The van der Waals surface area contributed by atoms with Crippen molar-refractivity contribution in [1.29, 1.82) is 0 Å². The normalized spacial score (nSPS) is 11.9. The van der Waals surface area contributed by atoms with Crippen LogP contribution in [0.4, 0.5) is 11.4 Å². The summed E-state index contributed by atoms with van der Waals surface area (Å²) in [6, 6.07) is 41.8. The van der Waals surface area contributed by atoms with Crippen molar-refractivity contribution in [3.63, 3.8) is 0 Å². The highest BCUT2D eigenvalue weighted by molar-refractivity contribution is 6.26. The van der Waals surface area contributed by atoms with Gasteiger partial charge in [0.25, 0.3) is 0 Å². The maximum atomic E-state index is 4.70. The van der Waals surface area contributed by atoms with Gasteiger partial charge in [-0.25, -0.2) is 0 Å². The van der Waals surface area contributed by atoms with E-state index in [1.54, 1.807) is 0 Å². The highest BCUT2D eigenvalue weighted by atomic mass is 14.8. The Morgan fingerprint density at radius 2 is 0.686 bits per heavy atom. The van der Waals surface area contributed by atoms with Crippen LogP contribution in [0.15, 0.2) is 119 Å². The molecule has 0 unspecified atom stereocenters. The van der Waals surface area contributed by atoms with Gasteiger partial charge in [0, 0.05) is 10.8 Å². The maximum Gasteiger partial charge on any atom is 0.101 e. The zero-order valence-electron chi connectivity index (χ0n) is 18.8. The Morgan fingerprint density at radius 1 is 0.343 bits per heavy atom. The summed E-state index contributed by atoms with van der Waals surface area (Å²) in [7, 11) is 0. The van der Waals surface area contributed by atoms with Crippen LogP contribution in [-0.4, -0.2) is 6.01 Å². The van der Waals surface area contributed by atoms with Gasteiger partial charge in [-0.05, 0) is 66.0 Å². The average Bonchev–Trinajstić information content (AvgIpc) is 2.91. The summed E-state index contributed by atoms with van der Waals surface area (Å²) in [5.74, 6) is 0. The van der Waals surface area contributed by atoms with Crippen molar-refractivity contribution < 1.29 is 0 Å². The number of hydrogen-bond donors (Lipinski definition) is 0. The van der Waals surface area contributed by atoms with Crippen molar-refractivity contribution in [3.8, 4) is 0 Å². The molecule has 0 atom stereocenters. The first-order valence-electron chi connectivity index (χ1n) is 11.8. The number of benzene rings is 8. The second-order valence-electron chi connectivity index (χ2n) is 9.21. The Balaban J connectivity index is 1.33. The van der Waals surface area contributed by atoms with Gasteiger partial charge >= 0.3 is 0 Å². The van der Waals surface area contributed by atoms with Crippen LogP contribution in [0.5, 0.6) is 0 Å². The summed E-state index contributed by atoms with van der Waals surface area (Å²) >= 11 is 0. The molecule has 160 valence electrons. The molecule has 0 aliphatic heterocycles. The summed E-state index contributed by atoms with van der Waals surface area (Å²) < 4.78 is 0. The minimum atomic E-state index is 0.886. The minimum absolute atomic E-state index is 0.886. The molecule has 0 saturated carbocycles. The van der Waals surface area contributed by atoms with Crippen LogP contribution in [0.1, 0.15) is 0 Å². The van der Waals surface area contributed by atoms with Gasteiger partial charge in [0.15, 0.2) is 0 Å². The Labute approximate surface area is 201 Å². The second-order valence-corrected chi connectivity index (χ2v) is 9.21. The largest absolute Gasteiger partial charge is 0.187 e. The van der Waals surface area contributed by atoms with Gasteiger partial charge in [-0.2, -0.15) is 9.98 Å². The zero-order chi connectivity index (χ0) is 22.9. The standard InChI is InChI=1S/C33H18N2/c1-3-20-7-9-24-13-17-28(26-15-11-22(5-1)30(20)32(24)26)34-19-35-29-18-14-25-10-8-21-4-2-6-23-12-16-27(29)33(25)31(21)23/h1-18H. The minimum Gasteiger partial charge on any atom is -0.187 e. The second kappa shape index (κ2) is 6.87. The number of aliphatic imine (C=N–C) groups is 2. The quantitative estimate of drug-likeness (QED) is 0.188. The molecule has 8 aromatic carbocycles. The van der Waals surface area contributed by atoms with E-state index < -0.39 is 0 Å². The highest BCUT2D eigenvalue weighted by Gasteiger charge is 2.11. The van der Waals surface area contributed by atoms with E-state index in [-0.39, 0.29) is 0 Å². The van der Waals surface area contributed by atoms with Gasteiger partial charge in [0.1, 0.15) is 6.01 Å². The Bertz CT molecular complexity index is 1960. The van der Waals surface area contributed by atoms with Gasteiger partial charge in [-0.15, -0.1) is 0 Å². The SMILES string of the molecule is C(=Nc1ccc2ccc3cccc4ccc1c2c34)=Nc1ccc2ccc3cccc4ccc1c2c34. The van der Waals surface area contributed by atoms with Gasteiger partial charge in [-0.3, -0.25) is 0 Å². The third kappa shape index (κ3) is 2.60. The number of hydrogen-bond acceptors (Lipinski definition) is 2. The Morgan fingerprint density at radius 3 is 1.11 bits per heavy atom. The zero-order valence-corrected chi connectivity index (χ0v) is 18.8. The summed E-state index contributed by atoms with van der Waals surface area (Å²) in [4.78, 5) is 9.40. The topological polar surface area (TPSA) is 24.7 Å². The Hall–Kier alpha value is -4.78. The van der Waals surface area contributed by atoms with Gasteiger partial charge in [0.05, 0.1) is 11.4 Å². The summed E-state index contributed by atoms with van der Waals surface area (Å²) in [6.07, 6.45) is 0. The smallest absolute Gasteiger partial charge is 0.101 e. The highest BCUT2D eigenvalue weighted by Crippen LogP contribution is 2.40. The lowest BCUT2D eigenvalue weighted by atomic mass is 9.93. The predicted octanol–water partition coefficient (Wildman–Crippen LogP) is 9.62. The number of nitrogens with zero attached hydrogens (tertiary/aromatic N) is 2. The van der Waals surface area contributed by atoms with Gasteiger partial charge in [0.2, 0.25) is 0 Å².